The van der Waals surface area contributed by atoms with Gasteiger partial charge in [0.25, 0.3) is 5.91 Å². The second-order valence-corrected chi connectivity index (χ2v) is 19.1. The van der Waals surface area contributed by atoms with Gasteiger partial charge in [0.15, 0.2) is 0 Å². The van der Waals surface area contributed by atoms with Gasteiger partial charge in [0.2, 0.25) is 17.7 Å². The lowest BCUT2D eigenvalue weighted by atomic mass is 9.70. The molecular weight excluding hydrogens is 889 g/mol. The van der Waals surface area contributed by atoms with Crippen LogP contribution in [0, 0.1) is 11.3 Å². The Hall–Kier alpha value is -4.90. The van der Waals surface area contributed by atoms with Gasteiger partial charge in [-0.25, -0.2) is 9.67 Å². The van der Waals surface area contributed by atoms with E-state index in [1.54, 1.807) is 22.7 Å². The summed E-state index contributed by atoms with van der Waals surface area (Å²) in [6, 6.07) is 8.38. The van der Waals surface area contributed by atoms with E-state index in [1.165, 1.54) is 18.6 Å². The predicted molar refractivity (Wildman–Crippen MR) is 259 cm³/mol. The summed E-state index contributed by atoms with van der Waals surface area (Å²) in [7, 11) is -1.37. The third kappa shape index (κ3) is 22.2. The third-order valence-electron chi connectivity index (χ3n) is 11.6. The molecule has 3 rings (SSSR count). The molecule has 2 heterocycles. The maximum absolute atomic E-state index is 13.9. The summed E-state index contributed by atoms with van der Waals surface area (Å²) in [5.41, 5.74) is -0.479. The van der Waals surface area contributed by atoms with Crippen LogP contribution in [-0.4, -0.2) is 160 Å². The van der Waals surface area contributed by atoms with Crippen LogP contribution >= 0.6 is 0 Å². The smallest absolute Gasteiger partial charge is 0.426 e. The number of nitrogens with zero attached hydrogens (tertiary/aromatic N) is 6. The highest BCUT2D eigenvalue weighted by molar-refractivity contribution is 6.45. The number of ether oxygens (including phenoxy) is 4. The number of benzene rings is 1. The van der Waals surface area contributed by atoms with Crippen LogP contribution in [0.1, 0.15) is 110 Å². The summed E-state index contributed by atoms with van der Waals surface area (Å²) in [5.74, 6) is -1.98. The van der Waals surface area contributed by atoms with E-state index in [0.29, 0.717) is 84.4 Å². The van der Waals surface area contributed by atoms with Gasteiger partial charge in [-0.1, -0.05) is 70.2 Å². The zero-order chi connectivity index (χ0) is 50.9. The number of carbonyl (C=O) groups excluding carboxylic acids is 4. The van der Waals surface area contributed by atoms with Gasteiger partial charge in [-0.3, -0.25) is 24.2 Å². The lowest BCUT2D eigenvalue weighted by Crippen LogP contribution is -2.58. The van der Waals surface area contributed by atoms with Gasteiger partial charge in [-0.15, -0.1) is 5.10 Å². The van der Waals surface area contributed by atoms with Gasteiger partial charge in [-0.2, -0.15) is 0 Å². The van der Waals surface area contributed by atoms with Gasteiger partial charge in [0.05, 0.1) is 89.9 Å². The summed E-state index contributed by atoms with van der Waals surface area (Å²) in [6.45, 7) is 20.9. The Kier molecular flexibility index (Phi) is 25.4. The highest BCUT2D eigenvalue weighted by Crippen LogP contribution is 2.35. The van der Waals surface area contributed by atoms with Crippen molar-refractivity contribution in [1.82, 2.24) is 45.8 Å². The molecule has 0 aliphatic rings. The highest BCUT2D eigenvalue weighted by Gasteiger charge is 2.44. The average Bonchev–Trinajstić information content (AvgIpc) is 3.75. The molecular formula is C48H78BN9O11. The van der Waals surface area contributed by atoms with Crippen LogP contribution in [0.15, 0.2) is 55.1 Å². The molecule has 3 aromatic rings. The fraction of sp³-hybridized carbons (Fsp3) is 0.667. The van der Waals surface area contributed by atoms with E-state index in [1.807, 2.05) is 85.7 Å². The normalized spacial score (nSPS) is 12.9. The van der Waals surface area contributed by atoms with Crippen LogP contribution in [0.3, 0.4) is 0 Å². The molecule has 0 saturated carbocycles. The van der Waals surface area contributed by atoms with Gasteiger partial charge in [0.1, 0.15) is 17.4 Å². The monoisotopic (exact) mass is 968 g/mol. The molecule has 0 aliphatic heterocycles. The van der Waals surface area contributed by atoms with Crippen molar-refractivity contribution in [2.75, 3.05) is 66.0 Å². The van der Waals surface area contributed by atoms with Crippen LogP contribution in [-0.2, 0) is 57.5 Å². The Morgan fingerprint density at radius 2 is 1.54 bits per heavy atom. The van der Waals surface area contributed by atoms with Crippen LogP contribution in [0.4, 0.5) is 0 Å². The summed E-state index contributed by atoms with van der Waals surface area (Å²) < 4.78 is 31.0. The Morgan fingerprint density at radius 1 is 0.884 bits per heavy atom. The fourth-order valence-corrected chi connectivity index (χ4v) is 6.86. The number of nitrogens with one attached hydrogen (secondary N) is 3. The fourth-order valence-electron chi connectivity index (χ4n) is 6.86. The molecule has 0 fully saturated rings. The van der Waals surface area contributed by atoms with Crippen molar-refractivity contribution in [3.8, 4) is 0 Å². The maximum Gasteiger partial charge on any atom is 0.478 e. The lowest BCUT2D eigenvalue weighted by molar-refractivity contribution is -0.132. The van der Waals surface area contributed by atoms with Crippen LogP contribution in [0.2, 0.25) is 0 Å². The van der Waals surface area contributed by atoms with Crippen LogP contribution < -0.4 is 16.0 Å². The number of amides is 4. The quantitative estimate of drug-likeness (QED) is 0.0420. The molecule has 20 nitrogen and oxygen atoms in total. The van der Waals surface area contributed by atoms with Crippen LogP contribution in [0.25, 0.3) is 0 Å². The minimum atomic E-state index is -1.37. The number of hydrogen-bond acceptors (Lipinski definition) is 15. The average molecular weight is 968 g/mol. The van der Waals surface area contributed by atoms with Gasteiger partial charge in [0, 0.05) is 55.8 Å². The molecule has 5 N–H and O–H groups in total. The molecule has 69 heavy (non-hydrogen) atoms. The molecule has 0 radical (unpaired) electrons. The Bertz CT molecular complexity index is 1960. The number of rotatable bonds is 35. The first-order chi connectivity index (χ1) is 32.8. The van der Waals surface area contributed by atoms with Crippen molar-refractivity contribution in [1.29, 1.82) is 0 Å². The number of aliphatic hydroxyl groups is 1. The van der Waals surface area contributed by atoms with Gasteiger partial charge >= 0.3 is 7.12 Å². The predicted octanol–water partition coefficient (Wildman–Crippen LogP) is 2.95. The molecule has 0 bridgehead atoms. The maximum atomic E-state index is 13.9. The second-order valence-electron chi connectivity index (χ2n) is 19.1. The molecule has 0 unspecified atom stereocenters. The first-order valence-corrected chi connectivity index (χ1v) is 23.9. The van der Waals surface area contributed by atoms with Crippen molar-refractivity contribution >= 4 is 30.7 Å². The highest BCUT2D eigenvalue weighted by atomic mass is 16.6. The van der Waals surface area contributed by atoms with Crippen molar-refractivity contribution in [2.24, 2.45) is 11.3 Å². The first kappa shape index (κ1) is 58.4. The van der Waals surface area contributed by atoms with Crippen molar-refractivity contribution in [2.45, 2.75) is 131 Å². The number of aliphatic hydroxyl groups excluding tert-OH is 1. The molecule has 21 heteroatoms. The van der Waals surface area contributed by atoms with Gasteiger partial charge in [-0.05, 0) is 52.0 Å². The summed E-state index contributed by atoms with van der Waals surface area (Å²) in [5, 5.41) is 37.7. The van der Waals surface area contributed by atoms with E-state index in [-0.39, 0.29) is 56.0 Å². The standard InChI is InChI=1S/C48H78BN9O11/c1-10-43(61)57(20-16-42(60)54-47(6,7)17-22-59)33-38-34-58(56-55-38)21-23-65-24-25-66-26-27-67-28-29-68-35-46(4,5)48(8,9)69-49(64)41(30-36(2)3)53-44(62)39(31-37-14-12-11-13-15-37)52-45(63)40-32-50-18-19-51-40/h11-15,18-19,32,34,36,39,41,59,64H,10,16-17,20-31,33,35H2,1-9H3,(H,52,63)(H,53,62)(H,54,60)/t39-,41-/m1/s1. The first-order valence-electron chi connectivity index (χ1n) is 23.9. The number of hydrogen-bond donors (Lipinski definition) is 5. The number of aromatic nitrogens is 5. The zero-order valence-corrected chi connectivity index (χ0v) is 42.3. The molecule has 0 saturated heterocycles. The topological polar surface area (TPSA) is 251 Å². The minimum absolute atomic E-state index is 0.0323. The number of carbonyl (C=O) groups is 4. The van der Waals surface area contributed by atoms with E-state index in [2.05, 4.69) is 36.2 Å². The summed E-state index contributed by atoms with van der Waals surface area (Å²) >= 11 is 0. The van der Waals surface area contributed by atoms with E-state index < -0.39 is 47.5 Å². The largest absolute Gasteiger partial charge is 0.478 e. The SMILES string of the molecule is CCC(=O)N(CCC(=O)NC(C)(C)CCO)Cc1cn(CCOCCOCCOCCOCC(C)(C)C(C)(C)OB(O)[C@@H](CC(C)C)NC(=O)[C@@H](Cc2ccccc2)NC(=O)c2cnccn2)nn1. The van der Waals surface area contributed by atoms with E-state index in [0.717, 1.165) is 5.56 Å². The Balaban J connectivity index is 1.33. The molecule has 2 aromatic heterocycles. The molecule has 2 atom stereocenters. The van der Waals surface area contributed by atoms with Crippen molar-refractivity contribution < 1.29 is 52.9 Å². The van der Waals surface area contributed by atoms with Crippen molar-refractivity contribution in [3.05, 3.63) is 72.1 Å². The molecule has 4 amide bonds. The van der Waals surface area contributed by atoms with Gasteiger partial charge < -0.3 is 54.6 Å². The van der Waals surface area contributed by atoms with Crippen molar-refractivity contribution in [3.63, 3.8) is 0 Å². The van der Waals surface area contributed by atoms with E-state index in [4.69, 9.17) is 23.6 Å². The Labute approximate surface area is 408 Å². The van der Waals surface area contributed by atoms with E-state index in [9.17, 15) is 29.3 Å². The zero-order valence-electron chi connectivity index (χ0n) is 42.3. The minimum Gasteiger partial charge on any atom is -0.426 e. The Morgan fingerprint density at radius 3 is 2.14 bits per heavy atom. The van der Waals surface area contributed by atoms with Crippen LogP contribution in [0.5, 0.6) is 0 Å². The summed E-state index contributed by atoms with van der Waals surface area (Å²) in [4.78, 5) is 61.6. The second kappa shape index (κ2) is 30.0. The third-order valence-corrected chi connectivity index (χ3v) is 11.6. The van der Waals surface area contributed by atoms with E-state index >= 15 is 0 Å². The molecule has 1 aromatic carbocycles. The summed E-state index contributed by atoms with van der Waals surface area (Å²) in [6.07, 6.45) is 7.45. The molecule has 0 aliphatic carbocycles. The molecule has 0 spiro atoms. The lowest BCUT2D eigenvalue weighted by Gasteiger charge is -2.43. The molecule has 384 valence electrons.